The fourth-order valence-corrected chi connectivity index (χ4v) is 4.01. The Labute approximate surface area is 190 Å². The normalized spacial score (nSPS) is 14.8. The van der Waals surface area contributed by atoms with Crippen LogP contribution in [0.5, 0.6) is 11.5 Å². The summed E-state index contributed by atoms with van der Waals surface area (Å²) < 4.78 is 24.5. The van der Waals surface area contributed by atoms with Gasteiger partial charge in [-0.2, -0.15) is 0 Å². The Morgan fingerprint density at radius 1 is 1.23 bits per heavy atom. The molecule has 2 aromatic rings. The van der Waals surface area contributed by atoms with Crippen molar-refractivity contribution in [2.24, 2.45) is 0 Å². The molecule has 0 aliphatic carbocycles. The van der Waals surface area contributed by atoms with Gasteiger partial charge in [0.15, 0.2) is 11.5 Å². The van der Waals surface area contributed by atoms with Gasteiger partial charge in [0.05, 0.1) is 18.6 Å². The van der Waals surface area contributed by atoms with Crippen LogP contribution in [0.1, 0.15) is 12.5 Å². The van der Waals surface area contributed by atoms with E-state index in [1.165, 1.54) is 31.4 Å². The van der Waals surface area contributed by atoms with Crippen LogP contribution in [0.4, 0.5) is 14.9 Å². The molecule has 7 nitrogen and oxygen atoms in total. The van der Waals surface area contributed by atoms with Crippen LogP contribution in [-0.4, -0.2) is 42.2 Å². The summed E-state index contributed by atoms with van der Waals surface area (Å²) in [4.78, 5) is 38.3. The van der Waals surface area contributed by atoms with Crippen molar-refractivity contribution in [3.63, 3.8) is 0 Å². The number of carbonyl (C=O) groups excluding carboxylic acids is 3. The van der Waals surface area contributed by atoms with Crippen molar-refractivity contribution >= 4 is 56.5 Å². The molecule has 3 rings (SSSR count). The Bertz CT molecular complexity index is 1060. The van der Waals surface area contributed by atoms with Gasteiger partial charge >= 0.3 is 0 Å². The molecule has 0 bridgehead atoms. The van der Waals surface area contributed by atoms with Gasteiger partial charge in [0, 0.05) is 10.2 Å². The van der Waals surface area contributed by atoms with Crippen LogP contribution >= 0.6 is 27.7 Å². The highest BCUT2D eigenvalue weighted by molar-refractivity contribution is 9.10. The lowest BCUT2D eigenvalue weighted by Crippen LogP contribution is -2.36. The number of imide groups is 1. The van der Waals surface area contributed by atoms with Crippen molar-refractivity contribution < 1.29 is 28.2 Å². The van der Waals surface area contributed by atoms with Crippen LogP contribution < -0.4 is 14.8 Å². The first-order valence-corrected chi connectivity index (χ1v) is 10.7. The predicted octanol–water partition coefficient (Wildman–Crippen LogP) is 4.67. The molecule has 1 fully saturated rings. The van der Waals surface area contributed by atoms with Crippen LogP contribution in [0, 0.1) is 5.82 Å². The number of thioether (sulfide) groups is 1. The molecule has 3 amide bonds. The van der Waals surface area contributed by atoms with E-state index >= 15 is 0 Å². The molecular weight excluding hydrogens is 491 g/mol. The van der Waals surface area contributed by atoms with E-state index in [1.807, 2.05) is 6.92 Å². The van der Waals surface area contributed by atoms with Crippen LogP contribution in [0.15, 0.2) is 45.8 Å². The zero-order chi connectivity index (χ0) is 22.5. The Kier molecular flexibility index (Phi) is 7.34. The van der Waals surface area contributed by atoms with E-state index in [-0.39, 0.29) is 4.91 Å². The predicted molar refractivity (Wildman–Crippen MR) is 120 cm³/mol. The molecule has 0 aromatic heterocycles. The fourth-order valence-electron chi connectivity index (χ4n) is 2.74. The summed E-state index contributed by atoms with van der Waals surface area (Å²) in [6.07, 6.45) is 1.55. The van der Waals surface area contributed by atoms with Crippen LogP contribution in [-0.2, 0) is 9.59 Å². The number of hydrogen-bond donors (Lipinski definition) is 1. The van der Waals surface area contributed by atoms with Gasteiger partial charge in [-0.15, -0.1) is 0 Å². The number of anilines is 1. The van der Waals surface area contributed by atoms with Gasteiger partial charge < -0.3 is 14.8 Å². The lowest BCUT2D eigenvalue weighted by Gasteiger charge is -2.13. The van der Waals surface area contributed by atoms with Crippen LogP contribution in [0.3, 0.4) is 0 Å². The van der Waals surface area contributed by atoms with Crippen molar-refractivity contribution in [3.05, 3.63) is 57.2 Å². The van der Waals surface area contributed by atoms with Gasteiger partial charge in [-0.25, -0.2) is 4.39 Å². The second kappa shape index (κ2) is 9.97. The topological polar surface area (TPSA) is 84.9 Å². The molecule has 1 aliphatic rings. The molecule has 1 N–H and O–H groups in total. The zero-order valence-corrected chi connectivity index (χ0v) is 19.0. The zero-order valence-electron chi connectivity index (χ0n) is 16.6. The molecule has 0 spiro atoms. The number of benzene rings is 2. The number of rotatable bonds is 7. The van der Waals surface area contributed by atoms with Gasteiger partial charge in [0.1, 0.15) is 12.4 Å². The Morgan fingerprint density at radius 2 is 1.94 bits per heavy atom. The third-order valence-corrected chi connectivity index (χ3v) is 5.77. The third kappa shape index (κ3) is 5.45. The number of carbonyl (C=O) groups is 3. The second-order valence-corrected chi connectivity index (χ2v) is 8.13. The van der Waals surface area contributed by atoms with E-state index in [0.29, 0.717) is 33.8 Å². The monoisotopic (exact) mass is 508 g/mol. The lowest BCUT2D eigenvalue weighted by atomic mass is 10.2. The maximum Gasteiger partial charge on any atom is 0.294 e. The molecule has 0 unspecified atom stereocenters. The van der Waals surface area contributed by atoms with Gasteiger partial charge in [-0.3, -0.25) is 19.3 Å². The summed E-state index contributed by atoms with van der Waals surface area (Å²) in [5.74, 6) is -0.567. The molecule has 1 heterocycles. The van der Waals surface area contributed by atoms with E-state index in [1.54, 1.807) is 18.2 Å². The maximum absolute atomic E-state index is 13.0. The summed E-state index contributed by atoms with van der Waals surface area (Å²) >= 11 is 4.17. The smallest absolute Gasteiger partial charge is 0.294 e. The Morgan fingerprint density at radius 3 is 2.58 bits per heavy atom. The highest BCUT2D eigenvalue weighted by atomic mass is 79.9. The molecule has 0 atom stereocenters. The summed E-state index contributed by atoms with van der Waals surface area (Å²) in [7, 11) is 1.50. The highest BCUT2D eigenvalue weighted by Gasteiger charge is 2.36. The van der Waals surface area contributed by atoms with Crippen molar-refractivity contribution in [2.45, 2.75) is 6.92 Å². The first kappa shape index (κ1) is 22.8. The first-order chi connectivity index (χ1) is 14.8. The number of halogens is 2. The number of ether oxygens (including phenoxy) is 2. The van der Waals surface area contributed by atoms with Gasteiger partial charge in [-0.05, 0) is 66.7 Å². The SMILES string of the molecule is CCOc1cc(Br)c(/C=C2\SC(=O)N(CC(=O)Nc3ccc(F)cc3)C2=O)cc1OC. The molecule has 0 saturated carbocycles. The summed E-state index contributed by atoms with van der Waals surface area (Å²) in [5.41, 5.74) is 0.973. The van der Waals surface area contributed by atoms with Gasteiger partial charge in [-0.1, -0.05) is 15.9 Å². The lowest BCUT2D eigenvalue weighted by molar-refractivity contribution is -0.127. The van der Waals surface area contributed by atoms with Crippen molar-refractivity contribution in [1.29, 1.82) is 0 Å². The van der Waals surface area contributed by atoms with Crippen molar-refractivity contribution in [1.82, 2.24) is 4.90 Å². The maximum atomic E-state index is 13.0. The number of nitrogens with one attached hydrogen (secondary N) is 1. The van der Waals surface area contributed by atoms with E-state index in [9.17, 15) is 18.8 Å². The van der Waals surface area contributed by atoms with Crippen LogP contribution in [0.2, 0.25) is 0 Å². The van der Waals surface area contributed by atoms with Crippen molar-refractivity contribution in [3.8, 4) is 11.5 Å². The molecule has 1 saturated heterocycles. The number of nitrogens with zero attached hydrogens (tertiary/aromatic N) is 1. The standard InChI is InChI=1S/C21H18BrFN2O5S/c1-3-30-17-10-15(22)12(8-16(17)29-2)9-18-20(27)25(21(28)31-18)11-19(26)24-14-6-4-13(23)5-7-14/h4-10H,3,11H2,1-2H3,(H,24,26)/b18-9-. The van der Waals surface area contributed by atoms with E-state index in [4.69, 9.17) is 9.47 Å². The Balaban J connectivity index is 1.75. The molecule has 0 radical (unpaired) electrons. The van der Waals surface area contributed by atoms with Crippen LogP contribution in [0.25, 0.3) is 6.08 Å². The largest absolute Gasteiger partial charge is 0.493 e. The highest BCUT2D eigenvalue weighted by Crippen LogP contribution is 2.38. The van der Waals surface area contributed by atoms with E-state index in [2.05, 4.69) is 21.2 Å². The van der Waals surface area contributed by atoms with Crippen molar-refractivity contribution in [2.75, 3.05) is 25.6 Å². The summed E-state index contributed by atoms with van der Waals surface area (Å²) in [6.45, 7) is 1.86. The minimum Gasteiger partial charge on any atom is -0.493 e. The minimum absolute atomic E-state index is 0.173. The fraction of sp³-hybridized carbons (Fsp3) is 0.190. The molecular formula is C21H18BrFN2O5S. The van der Waals surface area contributed by atoms with E-state index < -0.39 is 29.4 Å². The average Bonchev–Trinajstić information content (AvgIpc) is 2.99. The Hall–Kier alpha value is -2.85. The molecule has 1 aliphatic heterocycles. The van der Waals surface area contributed by atoms with Gasteiger partial charge in [0.25, 0.3) is 11.1 Å². The summed E-state index contributed by atoms with van der Waals surface area (Å²) in [6, 6.07) is 8.57. The van der Waals surface area contributed by atoms with Gasteiger partial charge in [0.2, 0.25) is 5.91 Å². The molecule has 162 valence electrons. The van der Waals surface area contributed by atoms with E-state index in [0.717, 1.165) is 16.7 Å². The molecule has 31 heavy (non-hydrogen) atoms. The molecule has 2 aromatic carbocycles. The summed E-state index contributed by atoms with van der Waals surface area (Å²) in [5, 5.41) is 1.97. The third-order valence-electron chi connectivity index (χ3n) is 4.17. The number of amides is 3. The number of hydrogen-bond acceptors (Lipinski definition) is 6. The average molecular weight is 509 g/mol. The quantitative estimate of drug-likeness (QED) is 0.547. The first-order valence-electron chi connectivity index (χ1n) is 9.13. The minimum atomic E-state index is -0.580. The molecule has 10 heteroatoms. The number of methoxy groups -OCH3 is 1. The second-order valence-electron chi connectivity index (χ2n) is 6.28.